The molecule has 74 valence electrons. The van der Waals surface area contributed by atoms with Gasteiger partial charge in [-0.2, -0.15) is 0 Å². The van der Waals surface area contributed by atoms with Crippen molar-refractivity contribution >= 4 is 11.9 Å². The summed E-state index contributed by atoms with van der Waals surface area (Å²) in [6, 6.07) is 0.181. The average Bonchev–Trinajstić information content (AvgIpc) is 2.04. The summed E-state index contributed by atoms with van der Waals surface area (Å²) in [6.07, 6.45) is 3.31. The van der Waals surface area contributed by atoms with Crippen molar-refractivity contribution in [3.63, 3.8) is 0 Å². The maximum atomic E-state index is 10.8. The number of hydrogen-bond donors (Lipinski definition) is 3. The fraction of sp³-hybridized carbons (Fsp3) is 0.750. The van der Waals surface area contributed by atoms with Crippen molar-refractivity contribution < 1.29 is 4.79 Å². The van der Waals surface area contributed by atoms with Crippen LogP contribution in [0, 0.1) is 5.92 Å². The van der Waals surface area contributed by atoms with Gasteiger partial charge in [0, 0.05) is 5.92 Å². The molecule has 0 heterocycles. The first-order valence-electron chi connectivity index (χ1n) is 4.47. The van der Waals surface area contributed by atoms with Crippen LogP contribution in [-0.2, 0) is 4.79 Å². The standard InChI is InChI=1S/C8H16N4O/c9-7(13)5-1-3-6(4-2-5)12-8(10)11/h5-6H,1-4H2,(H2,9,13)(H4,10,11,12). The van der Waals surface area contributed by atoms with Gasteiger partial charge < -0.3 is 17.2 Å². The van der Waals surface area contributed by atoms with E-state index in [0.29, 0.717) is 0 Å². The van der Waals surface area contributed by atoms with Crippen LogP contribution in [0.4, 0.5) is 0 Å². The second-order valence-electron chi connectivity index (χ2n) is 3.46. The molecule has 13 heavy (non-hydrogen) atoms. The molecule has 0 saturated heterocycles. The zero-order valence-electron chi connectivity index (χ0n) is 7.57. The van der Waals surface area contributed by atoms with Gasteiger partial charge in [-0.25, -0.2) is 0 Å². The molecular weight excluding hydrogens is 168 g/mol. The van der Waals surface area contributed by atoms with E-state index in [1.807, 2.05) is 0 Å². The van der Waals surface area contributed by atoms with Gasteiger partial charge in [0.25, 0.3) is 0 Å². The SMILES string of the molecule is NC(=O)C1CCC(N=C(N)N)CC1. The van der Waals surface area contributed by atoms with Crippen LogP contribution >= 0.6 is 0 Å². The Bertz CT molecular complexity index is 214. The van der Waals surface area contributed by atoms with E-state index in [-0.39, 0.29) is 23.8 Å². The smallest absolute Gasteiger partial charge is 0.220 e. The fourth-order valence-electron chi connectivity index (χ4n) is 1.70. The van der Waals surface area contributed by atoms with Crippen molar-refractivity contribution in [1.29, 1.82) is 0 Å². The van der Waals surface area contributed by atoms with Gasteiger partial charge >= 0.3 is 0 Å². The molecule has 1 saturated carbocycles. The zero-order valence-corrected chi connectivity index (χ0v) is 7.57. The average molecular weight is 184 g/mol. The van der Waals surface area contributed by atoms with Crippen LogP contribution in [0.1, 0.15) is 25.7 Å². The zero-order chi connectivity index (χ0) is 9.84. The predicted molar refractivity (Wildman–Crippen MR) is 50.8 cm³/mol. The maximum Gasteiger partial charge on any atom is 0.220 e. The second kappa shape index (κ2) is 4.11. The van der Waals surface area contributed by atoms with E-state index < -0.39 is 0 Å². The number of nitrogens with two attached hydrogens (primary N) is 3. The molecule has 5 heteroatoms. The summed E-state index contributed by atoms with van der Waals surface area (Å²) in [7, 11) is 0. The highest BCUT2D eigenvalue weighted by atomic mass is 16.1. The van der Waals surface area contributed by atoms with Crippen LogP contribution in [-0.4, -0.2) is 17.9 Å². The van der Waals surface area contributed by atoms with Crippen LogP contribution in [0.5, 0.6) is 0 Å². The van der Waals surface area contributed by atoms with E-state index in [9.17, 15) is 4.79 Å². The van der Waals surface area contributed by atoms with E-state index >= 15 is 0 Å². The highest BCUT2D eigenvalue weighted by Gasteiger charge is 2.24. The Balaban J connectivity index is 2.39. The molecule has 1 fully saturated rings. The fourth-order valence-corrected chi connectivity index (χ4v) is 1.70. The van der Waals surface area contributed by atoms with Gasteiger partial charge in [-0.05, 0) is 25.7 Å². The van der Waals surface area contributed by atoms with Gasteiger partial charge in [-0.1, -0.05) is 0 Å². The first-order chi connectivity index (χ1) is 6.09. The topological polar surface area (TPSA) is 107 Å². The Morgan fingerprint density at radius 3 is 2.00 bits per heavy atom. The van der Waals surface area contributed by atoms with Crippen molar-refractivity contribution in [1.82, 2.24) is 0 Å². The lowest BCUT2D eigenvalue weighted by Gasteiger charge is -2.23. The van der Waals surface area contributed by atoms with Gasteiger partial charge in [0.05, 0.1) is 6.04 Å². The van der Waals surface area contributed by atoms with Gasteiger partial charge in [-0.15, -0.1) is 0 Å². The number of hydrogen-bond acceptors (Lipinski definition) is 2. The Hall–Kier alpha value is -1.26. The number of primary amides is 1. The number of amides is 1. The highest BCUT2D eigenvalue weighted by molar-refractivity contribution is 5.77. The number of nitrogens with zero attached hydrogens (tertiary/aromatic N) is 1. The Morgan fingerprint density at radius 1 is 1.08 bits per heavy atom. The van der Waals surface area contributed by atoms with Crippen molar-refractivity contribution in [3.8, 4) is 0 Å². The Morgan fingerprint density at radius 2 is 1.62 bits per heavy atom. The molecule has 0 aliphatic heterocycles. The number of carbonyl (C=O) groups is 1. The Kier molecular flexibility index (Phi) is 3.11. The lowest BCUT2D eigenvalue weighted by Crippen LogP contribution is -2.31. The summed E-state index contributed by atoms with van der Waals surface area (Å²) in [4.78, 5) is 14.9. The van der Waals surface area contributed by atoms with Crippen molar-refractivity contribution in [2.24, 2.45) is 28.1 Å². The van der Waals surface area contributed by atoms with Gasteiger partial charge in [-0.3, -0.25) is 9.79 Å². The van der Waals surface area contributed by atoms with Crippen molar-refractivity contribution in [3.05, 3.63) is 0 Å². The lowest BCUT2D eigenvalue weighted by atomic mass is 9.86. The second-order valence-corrected chi connectivity index (χ2v) is 3.46. The third-order valence-corrected chi connectivity index (χ3v) is 2.43. The van der Waals surface area contributed by atoms with E-state index in [1.165, 1.54) is 0 Å². The molecule has 1 aliphatic rings. The van der Waals surface area contributed by atoms with Crippen LogP contribution in [0.2, 0.25) is 0 Å². The molecule has 1 rings (SSSR count). The van der Waals surface area contributed by atoms with E-state index in [4.69, 9.17) is 17.2 Å². The first kappa shape index (κ1) is 9.83. The van der Waals surface area contributed by atoms with E-state index in [0.717, 1.165) is 25.7 Å². The van der Waals surface area contributed by atoms with Gasteiger partial charge in [0.15, 0.2) is 5.96 Å². The lowest BCUT2D eigenvalue weighted by molar-refractivity contribution is -0.122. The highest BCUT2D eigenvalue weighted by Crippen LogP contribution is 2.25. The molecule has 0 aromatic carbocycles. The quantitative estimate of drug-likeness (QED) is 0.390. The maximum absolute atomic E-state index is 10.8. The van der Waals surface area contributed by atoms with Crippen LogP contribution in [0.25, 0.3) is 0 Å². The molecule has 5 nitrogen and oxygen atoms in total. The number of carbonyl (C=O) groups excluding carboxylic acids is 1. The number of guanidine groups is 1. The third kappa shape index (κ3) is 2.93. The summed E-state index contributed by atoms with van der Waals surface area (Å²) in [6.45, 7) is 0. The molecule has 6 N–H and O–H groups in total. The van der Waals surface area contributed by atoms with Crippen molar-refractivity contribution in [2.45, 2.75) is 31.7 Å². The molecule has 0 radical (unpaired) electrons. The third-order valence-electron chi connectivity index (χ3n) is 2.43. The summed E-state index contributed by atoms with van der Waals surface area (Å²) in [5.74, 6) is -0.0591. The minimum absolute atomic E-state index is 0.0189. The van der Waals surface area contributed by atoms with Crippen LogP contribution < -0.4 is 17.2 Å². The van der Waals surface area contributed by atoms with Crippen LogP contribution in [0.15, 0.2) is 4.99 Å². The normalized spacial score (nSPS) is 28.0. The molecule has 0 unspecified atom stereocenters. The molecule has 0 atom stereocenters. The molecule has 0 aromatic heterocycles. The van der Waals surface area contributed by atoms with Gasteiger partial charge in [0.1, 0.15) is 0 Å². The summed E-state index contributed by atoms with van der Waals surface area (Å²) in [5.41, 5.74) is 15.7. The first-order valence-corrected chi connectivity index (χ1v) is 4.47. The van der Waals surface area contributed by atoms with Crippen LogP contribution in [0.3, 0.4) is 0 Å². The monoisotopic (exact) mass is 184 g/mol. The van der Waals surface area contributed by atoms with Crippen molar-refractivity contribution in [2.75, 3.05) is 0 Å². The molecular formula is C8H16N4O. The molecule has 0 aromatic rings. The summed E-state index contributed by atoms with van der Waals surface area (Å²) >= 11 is 0. The molecule has 0 spiro atoms. The molecule has 1 amide bonds. The molecule has 0 bridgehead atoms. The molecule has 1 aliphatic carbocycles. The largest absolute Gasteiger partial charge is 0.370 e. The number of aliphatic imine (C=N–C) groups is 1. The minimum atomic E-state index is -0.205. The van der Waals surface area contributed by atoms with Gasteiger partial charge in [0.2, 0.25) is 5.91 Å². The minimum Gasteiger partial charge on any atom is -0.370 e. The Labute approximate surface area is 77.4 Å². The van der Waals surface area contributed by atoms with E-state index in [2.05, 4.69) is 4.99 Å². The number of rotatable bonds is 2. The summed E-state index contributed by atoms with van der Waals surface area (Å²) in [5, 5.41) is 0. The van der Waals surface area contributed by atoms with E-state index in [1.54, 1.807) is 0 Å². The predicted octanol–water partition coefficient (Wildman–Crippen LogP) is -0.696. The summed E-state index contributed by atoms with van der Waals surface area (Å²) < 4.78 is 0.